The van der Waals surface area contributed by atoms with E-state index >= 15 is 0 Å². The first kappa shape index (κ1) is 25.0. The van der Waals surface area contributed by atoms with Crippen LogP contribution in [0.2, 0.25) is 0 Å². The van der Waals surface area contributed by atoms with E-state index in [0.29, 0.717) is 11.3 Å². The third kappa shape index (κ3) is 5.23. The number of hydrogen-bond donors (Lipinski definition) is 2. The van der Waals surface area contributed by atoms with E-state index in [1.165, 1.54) is 41.5 Å². The predicted molar refractivity (Wildman–Crippen MR) is 152 cm³/mol. The number of benzene rings is 4. The lowest BCUT2D eigenvalue weighted by molar-refractivity contribution is -0.384. The lowest BCUT2D eigenvalue weighted by Crippen LogP contribution is -2.14. The van der Waals surface area contributed by atoms with Crippen molar-refractivity contribution in [1.29, 1.82) is 0 Å². The fraction of sp³-hybridized carbons (Fsp3) is 0.103. The third-order valence-corrected chi connectivity index (χ3v) is 7.21. The predicted octanol–water partition coefficient (Wildman–Crippen LogP) is 6.71. The summed E-state index contributed by atoms with van der Waals surface area (Å²) < 4.78 is 2.27. The molecule has 0 aliphatic carbocycles. The number of aryl methyl sites for hydroxylation is 1. The van der Waals surface area contributed by atoms with Crippen LogP contribution in [0.25, 0.3) is 21.8 Å². The van der Waals surface area contributed by atoms with Crippen LogP contribution in [0.3, 0.4) is 0 Å². The standard InChI is InChI=1S/C29H24N4O4S/c1-2-32-26-6-4-3-5-24(26)25-17-21(11-16-27(25)32)30-28(34)18-38-23-14-9-20(10-15-23)31-29(35)19-7-12-22(13-8-19)33(36)37/h3-17H,2,18H2,1H3,(H,30,34)(H,31,35). The van der Waals surface area contributed by atoms with E-state index in [2.05, 4.69) is 34.3 Å². The van der Waals surface area contributed by atoms with Crippen LogP contribution in [0.4, 0.5) is 17.1 Å². The number of nitrogens with one attached hydrogen (secondary N) is 2. The Bertz CT molecular complexity index is 1660. The van der Waals surface area contributed by atoms with Crippen LogP contribution in [0.5, 0.6) is 0 Å². The highest BCUT2D eigenvalue weighted by Gasteiger charge is 2.12. The lowest BCUT2D eigenvalue weighted by atomic mass is 10.1. The summed E-state index contributed by atoms with van der Waals surface area (Å²) >= 11 is 1.40. The second-order valence-corrected chi connectivity index (χ2v) is 9.66. The van der Waals surface area contributed by atoms with Crippen molar-refractivity contribution in [1.82, 2.24) is 4.57 Å². The van der Waals surface area contributed by atoms with Crippen molar-refractivity contribution in [3.63, 3.8) is 0 Å². The minimum atomic E-state index is -0.511. The number of amides is 2. The number of rotatable bonds is 8. The molecule has 0 aliphatic rings. The first-order valence-electron chi connectivity index (χ1n) is 12.0. The zero-order valence-corrected chi connectivity index (χ0v) is 21.3. The van der Waals surface area contributed by atoms with Crippen LogP contribution >= 0.6 is 11.8 Å². The highest BCUT2D eigenvalue weighted by atomic mass is 32.2. The Labute approximate surface area is 222 Å². The minimum absolute atomic E-state index is 0.0726. The average Bonchev–Trinajstić information content (AvgIpc) is 3.25. The number of nitro groups is 1. The van der Waals surface area contributed by atoms with Gasteiger partial charge in [-0.1, -0.05) is 18.2 Å². The van der Waals surface area contributed by atoms with Crippen molar-refractivity contribution in [2.24, 2.45) is 0 Å². The number of carbonyl (C=O) groups is 2. The summed E-state index contributed by atoms with van der Waals surface area (Å²) in [6, 6.07) is 26.8. The molecule has 0 aliphatic heterocycles. The molecule has 0 atom stereocenters. The van der Waals surface area contributed by atoms with E-state index < -0.39 is 4.92 Å². The fourth-order valence-electron chi connectivity index (χ4n) is 4.39. The van der Waals surface area contributed by atoms with Crippen molar-refractivity contribution in [3.8, 4) is 0 Å². The largest absolute Gasteiger partial charge is 0.341 e. The molecule has 190 valence electrons. The molecule has 0 spiro atoms. The van der Waals surface area contributed by atoms with Gasteiger partial charge >= 0.3 is 0 Å². The van der Waals surface area contributed by atoms with Gasteiger partial charge in [-0.15, -0.1) is 11.8 Å². The number of hydrogen-bond acceptors (Lipinski definition) is 5. The van der Waals surface area contributed by atoms with Gasteiger partial charge in [-0.2, -0.15) is 0 Å². The summed E-state index contributed by atoms with van der Waals surface area (Å²) in [6.45, 7) is 2.99. The van der Waals surface area contributed by atoms with Gasteiger partial charge < -0.3 is 15.2 Å². The molecule has 1 heterocycles. The van der Waals surface area contributed by atoms with Crippen molar-refractivity contribution in [2.75, 3.05) is 16.4 Å². The molecule has 9 heteroatoms. The summed E-state index contributed by atoms with van der Waals surface area (Å²) in [4.78, 5) is 36.2. The Morgan fingerprint density at radius 3 is 2.24 bits per heavy atom. The van der Waals surface area contributed by atoms with Crippen LogP contribution in [-0.2, 0) is 11.3 Å². The molecular weight excluding hydrogens is 500 g/mol. The van der Waals surface area contributed by atoms with Crippen molar-refractivity contribution in [2.45, 2.75) is 18.4 Å². The topological polar surface area (TPSA) is 106 Å². The zero-order valence-electron chi connectivity index (χ0n) is 20.5. The number of aromatic nitrogens is 1. The highest BCUT2D eigenvalue weighted by Crippen LogP contribution is 2.31. The second kappa shape index (κ2) is 10.8. The van der Waals surface area contributed by atoms with Gasteiger partial charge in [0.05, 0.1) is 10.7 Å². The molecule has 0 saturated carbocycles. The molecule has 4 aromatic carbocycles. The maximum atomic E-state index is 12.6. The van der Waals surface area contributed by atoms with Crippen LogP contribution < -0.4 is 10.6 Å². The number of non-ortho nitro benzene ring substituents is 1. The summed E-state index contributed by atoms with van der Waals surface area (Å²) in [6.07, 6.45) is 0. The van der Waals surface area contributed by atoms with E-state index in [-0.39, 0.29) is 23.3 Å². The average molecular weight is 525 g/mol. The van der Waals surface area contributed by atoms with E-state index in [4.69, 9.17) is 0 Å². The van der Waals surface area contributed by atoms with Crippen molar-refractivity contribution in [3.05, 3.63) is 107 Å². The van der Waals surface area contributed by atoms with Gasteiger partial charge in [0, 0.05) is 62.3 Å². The Balaban J connectivity index is 1.18. The van der Waals surface area contributed by atoms with Gasteiger partial charge in [0.2, 0.25) is 5.91 Å². The highest BCUT2D eigenvalue weighted by molar-refractivity contribution is 8.00. The van der Waals surface area contributed by atoms with Gasteiger partial charge in [-0.25, -0.2) is 0 Å². The molecular formula is C29H24N4O4S. The Morgan fingerprint density at radius 1 is 0.842 bits per heavy atom. The molecule has 38 heavy (non-hydrogen) atoms. The van der Waals surface area contributed by atoms with Gasteiger partial charge in [0.15, 0.2) is 0 Å². The summed E-state index contributed by atoms with van der Waals surface area (Å²) in [7, 11) is 0. The molecule has 5 rings (SSSR count). The van der Waals surface area contributed by atoms with Crippen LogP contribution in [-0.4, -0.2) is 27.1 Å². The molecule has 2 N–H and O–H groups in total. The number of para-hydroxylation sites is 1. The lowest BCUT2D eigenvalue weighted by Gasteiger charge is -2.08. The number of nitro benzene ring substituents is 1. The Kier molecular flexibility index (Phi) is 7.10. The van der Waals surface area contributed by atoms with E-state index in [1.54, 1.807) is 12.1 Å². The van der Waals surface area contributed by atoms with Crippen molar-refractivity contribution >= 4 is 62.4 Å². The molecule has 0 radical (unpaired) electrons. The van der Waals surface area contributed by atoms with Gasteiger partial charge in [0.1, 0.15) is 0 Å². The maximum Gasteiger partial charge on any atom is 0.269 e. The van der Waals surface area contributed by atoms with Crippen LogP contribution in [0.15, 0.2) is 95.9 Å². The number of carbonyl (C=O) groups excluding carboxylic acids is 2. The summed E-state index contributed by atoms with van der Waals surface area (Å²) in [5, 5.41) is 18.8. The molecule has 0 unspecified atom stereocenters. The third-order valence-electron chi connectivity index (χ3n) is 6.19. The molecule has 0 bridgehead atoms. The molecule has 0 saturated heterocycles. The van der Waals surface area contributed by atoms with Gasteiger partial charge in [0.25, 0.3) is 11.6 Å². The van der Waals surface area contributed by atoms with Gasteiger partial charge in [-0.3, -0.25) is 19.7 Å². The smallest absolute Gasteiger partial charge is 0.269 e. The monoisotopic (exact) mass is 524 g/mol. The minimum Gasteiger partial charge on any atom is -0.341 e. The second-order valence-electron chi connectivity index (χ2n) is 8.61. The number of nitrogens with zero attached hydrogens (tertiary/aromatic N) is 2. The van der Waals surface area contributed by atoms with E-state index in [1.807, 2.05) is 42.5 Å². The summed E-state index contributed by atoms with van der Waals surface area (Å²) in [5.74, 6) is -0.230. The SMILES string of the molecule is CCn1c2ccccc2c2cc(NC(=O)CSc3ccc(NC(=O)c4ccc([N+](=O)[O-])cc4)cc3)ccc21. The normalized spacial score (nSPS) is 11.0. The van der Waals surface area contributed by atoms with E-state index in [9.17, 15) is 19.7 Å². The molecule has 8 nitrogen and oxygen atoms in total. The van der Waals surface area contributed by atoms with Crippen LogP contribution in [0, 0.1) is 10.1 Å². The van der Waals surface area contributed by atoms with Gasteiger partial charge in [-0.05, 0) is 67.6 Å². The zero-order chi connectivity index (χ0) is 26.6. The molecule has 1 aromatic heterocycles. The van der Waals surface area contributed by atoms with Crippen LogP contribution in [0.1, 0.15) is 17.3 Å². The quantitative estimate of drug-likeness (QED) is 0.133. The maximum absolute atomic E-state index is 12.6. The van der Waals surface area contributed by atoms with Crippen molar-refractivity contribution < 1.29 is 14.5 Å². The fourth-order valence-corrected chi connectivity index (χ4v) is 5.09. The first-order chi connectivity index (χ1) is 18.4. The first-order valence-corrected chi connectivity index (χ1v) is 13.0. The Hall–Kier alpha value is -4.63. The summed E-state index contributed by atoms with van der Waals surface area (Å²) in [5.41, 5.74) is 3.91. The van der Waals surface area contributed by atoms with E-state index in [0.717, 1.165) is 33.4 Å². The molecule has 5 aromatic rings. The Morgan fingerprint density at radius 2 is 1.53 bits per heavy atom. The molecule has 0 fully saturated rings. The number of anilines is 2. The number of thioether (sulfide) groups is 1. The molecule has 2 amide bonds. The number of fused-ring (bicyclic) bond motifs is 3.